The van der Waals surface area contributed by atoms with Crippen molar-refractivity contribution in [2.24, 2.45) is 11.0 Å². The van der Waals surface area contributed by atoms with E-state index in [1.807, 2.05) is 6.07 Å². The zero-order valence-corrected chi connectivity index (χ0v) is 15.6. The summed E-state index contributed by atoms with van der Waals surface area (Å²) in [5.41, 5.74) is 1.97. The number of imidazole rings is 1. The predicted molar refractivity (Wildman–Crippen MR) is 106 cm³/mol. The molecule has 0 saturated heterocycles. The van der Waals surface area contributed by atoms with Crippen LogP contribution >= 0.6 is 0 Å². The topological polar surface area (TPSA) is 133 Å². The van der Waals surface area contributed by atoms with E-state index in [-0.39, 0.29) is 17.4 Å². The molecule has 1 aliphatic rings. The van der Waals surface area contributed by atoms with E-state index >= 15 is 0 Å². The standard InChI is InChI=1S/C20H17N7O2/c1-11(15-6-16(15)14-5-13(7-21)8-22-9-14)18-23-3-4-27(18)26-12(2)17-10-24-20(29)25-19(17)28/h3-5,8-10,15-16H,1,6H2,2H3,(H2,24,25,28,29)/b26-12+/t15-,16-/m1/s1. The maximum absolute atomic E-state index is 12.0. The number of allylic oxidation sites excluding steroid dienone is 1. The van der Waals surface area contributed by atoms with E-state index in [2.05, 4.69) is 37.7 Å². The Labute approximate surface area is 165 Å². The van der Waals surface area contributed by atoms with Crippen LogP contribution < -0.4 is 11.2 Å². The largest absolute Gasteiger partial charge is 0.325 e. The van der Waals surface area contributed by atoms with Gasteiger partial charge in [0.25, 0.3) is 5.56 Å². The Balaban J connectivity index is 1.58. The number of nitrogens with zero attached hydrogens (tertiary/aromatic N) is 5. The molecule has 144 valence electrons. The van der Waals surface area contributed by atoms with Gasteiger partial charge in [0.2, 0.25) is 0 Å². The van der Waals surface area contributed by atoms with Gasteiger partial charge >= 0.3 is 5.69 Å². The second-order valence-electron chi connectivity index (χ2n) is 6.86. The van der Waals surface area contributed by atoms with Crippen LogP contribution in [-0.4, -0.2) is 30.3 Å². The summed E-state index contributed by atoms with van der Waals surface area (Å²) in [5, 5.41) is 13.5. The number of pyridine rings is 1. The highest BCUT2D eigenvalue weighted by Crippen LogP contribution is 2.53. The fourth-order valence-electron chi connectivity index (χ4n) is 3.34. The van der Waals surface area contributed by atoms with Gasteiger partial charge in [0, 0.05) is 31.0 Å². The minimum absolute atomic E-state index is 0.180. The molecule has 1 aliphatic carbocycles. The van der Waals surface area contributed by atoms with Gasteiger partial charge in [-0.1, -0.05) is 6.58 Å². The monoisotopic (exact) mass is 387 g/mol. The molecule has 3 heterocycles. The first-order chi connectivity index (χ1) is 14.0. The van der Waals surface area contributed by atoms with Crippen molar-refractivity contribution in [3.05, 3.63) is 87.0 Å². The Bertz CT molecular complexity index is 1290. The number of nitrogens with one attached hydrogen (secondary N) is 2. The van der Waals surface area contributed by atoms with Crippen LogP contribution in [0.15, 0.2) is 58.3 Å². The summed E-state index contributed by atoms with van der Waals surface area (Å²) >= 11 is 0. The summed E-state index contributed by atoms with van der Waals surface area (Å²) in [4.78, 5) is 36.3. The number of hydrogen-bond donors (Lipinski definition) is 2. The van der Waals surface area contributed by atoms with E-state index in [1.165, 1.54) is 6.20 Å². The molecule has 0 bridgehead atoms. The molecule has 0 spiro atoms. The van der Waals surface area contributed by atoms with Gasteiger partial charge in [-0.25, -0.2) is 14.5 Å². The summed E-state index contributed by atoms with van der Waals surface area (Å²) in [6.45, 7) is 5.87. The fourth-order valence-corrected chi connectivity index (χ4v) is 3.34. The van der Waals surface area contributed by atoms with Crippen LogP contribution in [0.5, 0.6) is 0 Å². The quantitative estimate of drug-likeness (QED) is 0.642. The number of rotatable bonds is 5. The molecule has 1 saturated carbocycles. The minimum atomic E-state index is -0.571. The Morgan fingerprint density at radius 1 is 1.41 bits per heavy atom. The average Bonchev–Trinajstić information content (AvgIpc) is 3.39. The van der Waals surface area contributed by atoms with E-state index in [1.54, 1.807) is 36.4 Å². The summed E-state index contributed by atoms with van der Waals surface area (Å²) < 4.78 is 1.57. The lowest BCUT2D eigenvalue weighted by Gasteiger charge is -2.07. The Morgan fingerprint density at radius 3 is 3.00 bits per heavy atom. The highest BCUT2D eigenvalue weighted by molar-refractivity contribution is 5.98. The summed E-state index contributed by atoms with van der Waals surface area (Å²) in [6.07, 6.45) is 8.83. The van der Waals surface area contributed by atoms with Crippen molar-refractivity contribution in [3.8, 4) is 6.07 Å². The Hall–Kier alpha value is -4.06. The molecule has 0 aromatic carbocycles. The normalized spacial score (nSPS) is 18.3. The predicted octanol–water partition coefficient (Wildman–Crippen LogP) is 1.62. The van der Waals surface area contributed by atoms with Gasteiger partial charge in [-0.05, 0) is 42.4 Å². The molecule has 0 amide bonds. The first kappa shape index (κ1) is 18.3. The number of aromatic nitrogens is 5. The van der Waals surface area contributed by atoms with Crippen LogP contribution in [0.3, 0.4) is 0 Å². The van der Waals surface area contributed by atoms with Crippen LogP contribution in [0.1, 0.15) is 41.8 Å². The van der Waals surface area contributed by atoms with Crippen molar-refractivity contribution in [2.45, 2.75) is 19.3 Å². The number of nitriles is 1. The molecule has 2 N–H and O–H groups in total. The fraction of sp³-hybridized carbons (Fsp3) is 0.200. The van der Waals surface area contributed by atoms with Gasteiger partial charge in [0.15, 0.2) is 5.82 Å². The van der Waals surface area contributed by atoms with E-state index < -0.39 is 11.2 Å². The molecule has 0 aliphatic heterocycles. The molecule has 29 heavy (non-hydrogen) atoms. The van der Waals surface area contributed by atoms with Crippen LogP contribution in [0.2, 0.25) is 0 Å². The molecule has 9 nitrogen and oxygen atoms in total. The van der Waals surface area contributed by atoms with Crippen LogP contribution in [-0.2, 0) is 0 Å². The zero-order chi connectivity index (χ0) is 20.5. The lowest BCUT2D eigenvalue weighted by molar-refractivity contribution is 0.837. The minimum Gasteiger partial charge on any atom is -0.313 e. The molecular formula is C20H17N7O2. The van der Waals surface area contributed by atoms with E-state index in [0.29, 0.717) is 17.1 Å². The van der Waals surface area contributed by atoms with Gasteiger partial charge in [-0.2, -0.15) is 10.4 Å². The van der Waals surface area contributed by atoms with Crippen LogP contribution in [0.25, 0.3) is 5.57 Å². The number of hydrogen-bond acceptors (Lipinski definition) is 6. The van der Waals surface area contributed by atoms with Gasteiger partial charge in [0.1, 0.15) is 6.07 Å². The van der Waals surface area contributed by atoms with Crippen molar-refractivity contribution in [3.63, 3.8) is 0 Å². The van der Waals surface area contributed by atoms with Crippen molar-refractivity contribution in [2.75, 3.05) is 0 Å². The van der Waals surface area contributed by atoms with E-state index in [9.17, 15) is 9.59 Å². The van der Waals surface area contributed by atoms with Gasteiger partial charge in [-0.15, -0.1) is 0 Å². The third-order valence-corrected chi connectivity index (χ3v) is 4.93. The molecule has 0 radical (unpaired) electrons. The third kappa shape index (κ3) is 3.55. The molecule has 3 aromatic rings. The molecule has 1 fully saturated rings. The molecule has 0 unspecified atom stereocenters. The first-order valence-electron chi connectivity index (χ1n) is 8.93. The molecule has 3 aromatic heterocycles. The average molecular weight is 387 g/mol. The molecule has 4 rings (SSSR count). The highest BCUT2D eigenvalue weighted by atomic mass is 16.2. The summed E-state index contributed by atoms with van der Waals surface area (Å²) in [5.74, 6) is 1.02. The second-order valence-corrected chi connectivity index (χ2v) is 6.86. The van der Waals surface area contributed by atoms with E-state index in [4.69, 9.17) is 5.26 Å². The van der Waals surface area contributed by atoms with Gasteiger partial charge in [-0.3, -0.25) is 14.8 Å². The smallest absolute Gasteiger partial charge is 0.313 e. The lowest BCUT2D eigenvalue weighted by atomic mass is 10.1. The Morgan fingerprint density at radius 2 is 2.24 bits per heavy atom. The van der Waals surface area contributed by atoms with Crippen molar-refractivity contribution in [1.82, 2.24) is 24.6 Å². The van der Waals surface area contributed by atoms with Crippen LogP contribution in [0.4, 0.5) is 0 Å². The number of aromatic amines is 2. The second kappa shape index (κ2) is 7.16. The molecular weight excluding hydrogens is 370 g/mol. The molecule has 2 atom stereocenters. The lowest BCUT2D eigenvalue weighted by Crippen LogP contribution is -2.26. The number of H-pyrrole nitrogens is 2. The van der Waals surface area contributed by atoms with E-state index in [0.717, 1.165) is 17.6 Å². The summed E-state index contributed by atoms with van der Waals surface area (Å²) in [6, 6.07) is 3.96. The van der Waals surface area contributed by atoms with Gasteiger partial charge < -0.3 is 4.98 Å². The SMILES string of the molecule is C=C(c1nccn1/N=C(\C)c1c[nH]c(=O)[nH]c1=O)[C@H]1C[C@@H]1c1cncc(C#N)c1. The zero-order valence-electron chi connectivity index (χ0n) is 15.6. The maximum Gasteiger partial charge on any atom is 0.325 e. The van der Waals surface area contributed by atoms with Crippen molar-refractivity contribution >= 4 is 11.3 Å². The summed E-state index contributed by atoms with van der Waals surface area (Å²) in [7, 11) is 0. The first-order valence-corrected chi connectivity index (χ1v) is 8.93. The molecule has 9 heteroatoms. The third-order valence-electron chi connectivity index (χ3n) is 4.93. The van der Waals surface area contributed by atoms with Crippen LogP contribution in [0, 0.1) is 17.2 Å². The van der Waals surface area contributed by atoms with Crippen molar-refractivity contribution < 1.29 is 0 Å². The maximum atomic E-state index is 12.0. The highest BCUT2D eigenvalue weighted by Gasteiger charge is 2.42. The van der Waals surface area contributed by atoms with Gasteiger partial charge in [0.05, 0.1) is 16.8 Å². The van der Waals surface area contributed by atoms with Crippen molar-refractivity contribution in [1.29, 1.82) is 5.26 Å². The Kier molecular flexibility index (Phi) is 4.52.